The Hall–Kier alpha value is -0.830. The quantitative estimate of drug-likeness (QED) is 0.377. The lowest BCUT2D eigenvalue weighted by molar-refractivity contribution is -0.137. The minimum atomic E-state index is -0.657. The molecule has 0 aliphatic heterocycles. The molecule has 0 amide bonds. The molecule has 0 radical (unpaired) electrons. The Morgan fingerprint density at radius 1 is 0.818 bits per heavy atom. The highest BCUT2D eigenvalue weighted by atomic mass is 32.1. The molecule has 126 valence electrons. The normalized spacial score (nSPS) is 10.9. The summed E-state index contributed by atoms with van der Waals surface area (Å²) in [6.07, 6.45) is 17.0. The van der Waals surface area contributed by atoms with Crippen LogP contribution in [0.3, 0.4) is 0 Å². The van der Waals surface area contributed by atoms with Gasteiger partial charge in [-0.25, -0.2) is 0 Å². The number of rotatable bonds is 15. The molecule has 1 rings (SSSR count). The van der Waals surface area contributed by atoms with E-state index < -0.39 is 5.97 Å². The molecular weight excluding hydrogens is 292 g/mol. The molecule has 3 heteroatoms. The second-order valence-corrected chi connectivity index (χ2v) is 7.25. The highest BCUT2D eigenvalue weighted by molar-refractivity contribution is 7.09. The fraction of sp³-hybridized carbons (Fsp3) is 0.737. The summed E-state index contributed by atoms with van der Waals surface area (Å²) in [5.74, 6) is -0.657. The highest BCUT2D eigenvalue weighted by Gasteiger charge is 1.97. The van der Waals surface area contributed by atoms with Gasteiger partial charge in [-0.3, -0.25) is 4.79 Å². The lowest BCUT2D eigenvalue weighted by atomic mass is 10.0. The van der Waals surface area contributed by atoms with Gasteiger partial charge in [0, 0.05) is 11.3 Å². The van der Waals surface area contributed by atoms with Crippen molar-refractivity contribution in [3.8, 4) is 0 Å². The Morgan fingerprint density at radius 2 is 1.32 bits per heavy atom. The minimum absolute atomic E-state index is 0.340. The molecule has 1 heterocycles. The lowest BCUT2D eigenvalue weighted by Gasteiger charge is -2.03. The SMILES string of the molecule is O=C(O)CCCCCCCCCCCCCCc1cccs1. The van der Waals surface area contributed by atoms with E-state index in [9.17, 15) is 4.79 Å². The molecule has 0 aliphatic rings. The first-order valence-corrected chi connectivity index (χ1v) is 9.91. The topological polar surface area (TPSA) is 37.3 Å². The van der Waals surface area contributed by atoms with E-state index in [0.717, 1.165) is 12.8 Å². The van der Waals surface area contributed by atoms with Gasteiger partial charge in [-0.15, -0.1) is 11.3 Å². The molecule has 1 aromatic rings. The van der Waals surface area contributed by atoms with Crippen LogP contribution in [0.15, 0.2) is 17.5 Å². The van der Waals surface area contributed by atoms with Crippen molar-refractivity contribution in [2.24, 2.45) is 0 Å². The van der Waals surface area contributed by atoms with Crippen LogP contribution in [0.5, 0.6) is 0 Å². The maximum atomic E-state index is 10.4. The number of aliphatic carboxylic acids is 1. The Morgan fingerprint density at radius 3 is 1.77 bits per heavy atom. The molecule has 0 aliphatic carbocycles. The van der Waals surface area contributed by atoms with E-state index >= 15 is 0 Å². The van der Waals surface area contributed by atoms with Gasteiger partial charge >= 0.3 is 5.97 Å². The van der Waals surface area contributed by atoms with Crippen LogP contribution in [0, 0.1) is 0 Å². The first-order valence-electron chi connectivity index (χ1n) is 9.03. The lowest BCUT2D eigenvalue weighted by Crippen LogP contribution is -1.93. The maximum absolute atomic E-state index is 10.4. The van der Waals surface area contributed by atoms with Crippen LogP contribution in [-0.4, -0.2) is 11.1 Å². The van der Waals surface area contributed by atoms with Crippen molar-refractivity contribution in [1.29, 1.82) is 0 Å². The van der Waals surface area contributed by atoms with Crippen LogP contribution in [0.25, 0.3) is 0 Å². The maximum Gasteiger partial charge on any atom is 0.303 e. The predicted octanol–water partition coefficient (Wildman–Crippen LogP) is 6.45. The third-order valence-corrected chi connectivity index (χ3v) is 5.08. The van der Waals surface area contributed by atoms with Crippen LogP contribution >= 0.6 is 11.3 Å². The summed E-state index contributed by atoms with van der Waals surface area (Å²) in [5, 5.41) is 10.7. The van der Waals surface area contributed by atoms with Gasteiger partial charge in [0.2, 0.25) is 0 Å². The summed E-state index contributed by atoms with van der Waals surface area (Å²) in [7, 11) is 0. The average molecular weight is 325 g/mol. The average Bonchev–Trinajstić information content (AvgIpc) is 3.00. The molecule has 22 heavy (non-hydrogen) atoms. The van der Waals surface area contributed by atoms with Gasteiger partial charge in [0.25, 0.3) is 0 Å². The number of carboxylic acid groups (broad SMARTS) is 1. The van der Waals surface area contributed by atoms with E-state index in [-0.39, 0.29) is 0 Å². The zero-order chi connectivity index (χ0) is 15.9. The zero-order valence-electron chi connectivity index (χ0n) is 13.9. The Bertz CT molecular complexity index is 360. The monoisotopic (exact) mass is 324 g/mol. The van der Waals surface area contributed by atoms with Crippen LogP contribution in [-0.2, 0) is 11.2 Å². The van der Waals surface area contributed by atoms with Gasteiger partial charge in [0.15, 0.2) is 0 Å². The number of thiophene rings is 1. The molecule has 0 aromatic carbocycles. The van der Waals surface area contributed by atoms with Crippen molar-refractivity contribution < 1.29 is 9.90 Å². The van der Waals surface area contributed by atoms with Crippen LogP contribution < -0.4 is 0 Å². The molecule has 0 bridgehead atoms. The van der Waals surface area contributed by atoms with Crippen molar-refractivity contribution in [3.63, 3.8) is 0 Å². The Balaban J connectivity index is 1.70. The molecular formula is C19H32O2S. The van der Waals surface area contributed by atoms with E-state index in [4.69, 9.17) is 5.11 Å². The van der Waals surface area contributed by atoms with Crippen molar-refractivity contribution in [1.82, 2.24) is 0 Å². The number of carbonyl (C=O) groups is 1. The third-order valence-electron chi connectivity index (χ3n) is 4.14. The second-order valence-electron chi connectivity index (χ2n) is 6.22. The molecule has 0 saturated carbocycles. The number of hydrogen-bond acceptors (Lipinski definition) is 2. The van der Waals surface area contributed by atoms with E-state index in [0.29, 0.717) is 6.42 Å². The molecule has 0 spiro atoms. The Kier molecular flexibility index (Phi) is 12.1. The fourth-order valence-corrected chi connectivity index (χ4v) is 3.55. The molecule has 1 N–H and O–H groups in total. The van der Waals surface area contributed by atoms with E-state index in [2.05, 4.69) is 17.5 Å². The first-order chi connectivity index (χ1) is 10.8. The predicted molar refractivity (Wildman–Crippen MR) is 95.7 cm³/mol. The molecule has 0 saturated heterocycles. The second kappa shape index (κ2) is 13.8. The first kappa shape index (κ1) is 19.2. The van der Waals surface area contributed by atoms with Gasteiger partial charge < -0.3 is 5.11 Å². The fourth-order valence-electron chi connectivity index (χ4n) is 2.80. The number of hydrogen-bond donors (Lipinski definition) is 1. The van der Waals surface area contributed by atoms with Crippen molar-refractivity contribution >= 4 is 17.3 Å². The molecule has 2 nitrogen and oxygen atoms in total. The highest BCUT2D eigenvalue weighted by Crippen LogP contribution is 2.15. The van der Waals surface area contributed by atoms with E-state index in [1.807, 2.05) is 11.3 Å². The molecule has 0 atom stereocenters. The van der Waals surface area contributed by atoms with Gasteiger partial charge in [0.1, 0.15) is 0 Å². The minimum Gasteiger partial charge on any atom is -0.481 e. The van der Waals surface area contributed by atoms with Gasteiger partial charge in [-0.2, -0.15) is 0 Å². The smallest absolute Gasteiger partial charge is 0.303 e. The molecule has 0 unspecified atom stereocenters. The summed E-state index contributed by atoms with van der Waals surface area (Å²) < 4.78 is 0. The summed E-state index contributed by atoms with van der Waals surface area (Å²) in [5.41, 5.74) is 0. The number of unbranched alkanes of at least 4 members (excludes halogenated alkanes) is 11. The van der Waals surface area contributed by atoms with Gasteiger partial charge in [-0.05, 0) is 30.7 Å². The van der Waals surface area contributed by atoms with E-state index in [1.54, 1.807) is 0 Å². The summed E-state index contributed by atoms with van der Waals surface area (Å²) in [6.45, 7) is 0. The standard InChI is InChI=1S/C19H32O2S/c20-19(21)16-12-10-8-6-4-2-1-3-5-7-9-11-14-18-15-13-17-22-18/h13,15,17H,1-12,14,16H2,(H,20,21). The summed E-state index contributed by atoms with van der Waals surface area (Å²) in [4.78, 5) is 11.9. The zero-order valence-corrected chi connectivity index (χ0v) is 14.7. The Labute approximate surface area is 140 Å². The van der Waals surface area contributed by atoms with Crippen LogP contribution in [0.1, 0.15) is 88.3 Å². The number of aryl methyl sites for hydroxylation is 1. The molecule has 0 fully saturated rings. The number of carboxylic acids is 1. The van der Waals surface area contributed by atoms with Gasteiger partial charge in [0.05, 0.1) is 0 Å². The van der Waals surface area contributed by atoms with Crippen molar-refractivity contribution in [2.45, 2.75) is 89.9 Å². The molecule has 1 aromatic heterocycles. The van der Waals surface area contributed by atoms with Gasteiger partial charge in [-0.1, -0.05) is 70.3 Å². The van der Waals surface area contributed by atoms with Crippen molar-refractivity contribution in [3.05, 3.63) is 22.4 Å². The summed E-state index contributed by atoms with van der Waals surface area (Å²) in [6, 6.07) is 4.39. The summed E-state index contributed by atoms with van der Waals surface area (Å²) >= 11 is 1.88. The van der Waals surface area contributed by atoms with Crippen molar-refractivity contribution in [2.75, 3.05) is 0 Å². The van der Waals surface area contributed by atoms with E-state index in [1.165, 1.54) is 75.5 Å². The third kappa shape index (κ3) is 11.8. The van der Waals surface area contributed by atoms with Crippen LogP contribution in [0.4, 0.5) is 0 Å². The largest absolute Gasteiger partial charge is 0.481 e. The van der Waals surface area contributed by atoms with Crippen LogP contribution in [0.2, 0.25) is 0 Å².